The van der Waals surface area contributed by atoms with Crippen LogP contribution in [0.3, 0.4) is 0 Å². The monoisotopic (exact) mass is 193 g/mol. The van der Waals surface area contributed by atoms with Crippen LogP contribution in [0, 0.1) is 13.8 Å². The van der Waals surface area contributed by atoms with Crippen LogP contribution in [0.2, 0.25) is 0 Å². The molecule has 78 valence electrons. The Bertz CT molecular complexity index is 307. The highest BCUT2D eigenvalue weighted by Gasteiger charge is 2.14. The molecule has 0 fully saturated rings. The van der Waals surface area contributed by atoms with E-state index in [1.54, 1.807) is 0 Å². The summed E-state index contributed by atoms with van der Waals surface area (Å²) < 4.78 is 0. The maximum Gasteiger partial charge on any atom is 0.0628 e. The molecule has 0 saturated heterocycles. The van der Waals surface area contributed by atoms with Gasteiger partial charge in [-0.1, -0.05) is 23.8 Å². The molecule has 0 heterocycles. The smallest absolute Gasteiger partial charge is 0.0628 e. The number of hydrogen-bond donors (Lipinski definition) is 1. The first-order valence-electron chi connectivity index (χ1n) is 4.90. The number of benzene rings is 1. The van der Waals surface area contributed by atoms with Crippen LogP contribution in [0.15, 0.2) is 18.2 Å². The predicted molar refractivity (Wildman–Crippen MR) is 59.4 cm³/mol. The van der Waals surface area contributed by atoms with Gasteiger partial charge in [0.15, 0.2) is 0 Å². The van der Waals surface area contributed by atoms with Crippen LogP contribution in [0.4, 0.5) is 0 Å². The van der Waals surface area contributed by atoms with Gasteiger partial charge in [0.25, 0.3) is 0 Å². The van der Waals surface area contributed by atoms with Gasteiger partial charge in [-0.2, -0.15) is 0 Å². The number of likely N-dealkylation sites (N-methyl/N-ethyl adjacent to an activating group) is 1. The van der Waals surface area contributed by atoms with Crippen molar-refractivity contribution in [2.45, 2.75) is 19.9 Å². The van der Waals surface area contributed by atoms with Crippen molar-refractivity contribution in [3.8, 4) is 0 Å². The summed E-state index contributed by atoms with van der Waals surface area (Å²) >= 11 is 0. The lowest BCUT2D eigenvalue weighted by atomic mass is 9.99. The highest BCUT2D eigenvalue weighted by atomic mass is 16.3. The van der Waals surface area contributed by atoms with E-state index < -0.39 is 0 Å². The van der Waals surface area contributed by atoms with Crippen LogP contribution in [-0.2, 0) is 0 Å². The van der Waals surface area contributed by atoms with Crippen LogP contribution < -0.4 is 0 Å². The van der Waals surface area contributed by atoms with Gasteiger partial charge in [0.05, 0.1) is 12.6 Å². The third-order valence-corrected chi connectivity index (χ3v) is 2.59. The van der Waals surface area contributed by atoms with Crippen LogP contribution in [0.5, 0.6) is 0 Å². The summed E-state index contributed by atoms with van der Waals surface area (Å²) in [5, 5.41) is 9.32. The molecule has 0 amide bonds. The molecule has 1 N–H and O–H groups in total. The van der Waals surface area contributed by atoms with Gasteiger partial charge in [-0.25, -0.2) is 0 Å². The van der Waals surface area contributed by atoms with Crippen molar-refractivity contribution in [3.05, 3.63) is 34.9 Å². The Morgan fingerprint density at radius 3 is 2.43 bits per heavy atom. The van der Waals surface area contributed by atoms with Gasteiger partial charge in [-0.15, -0.1) is 0 Å². The third kappa shape index (κ3) is 2.34. The maximum absolute atomic E-state index is 9.32. The Labute approximate surface area is 86.2 Å². The van der Waals surface area contributed by atoms with Gasteiger partial charge >= 0.3 is 0 Å². The first kappa shape index (κ1) is 11.2. The van der Waals surface area contributed by atoms with Crippen molar-refractivity contribution in [1.82, 2.24) is 4.90 Å². The molecule has 0 aliphatic rings. The van der Waals surface area contributed by atoms with E-state index in [1.165, 1.54) is 16.7 Å². The summed E-state index contributed by atoms with van der Waals surface area (Å²) in [6.07, 6.45) is 0. The maximum atomic E-state index is 9.32. The number of rotatable bonds is 3. The standard InChI is InChI=1S/C12H19NO/c1-9-5-6-10(2)11(7-9)12(8-14)13(3)4/h5-7,12,14H,8H2,1-4H3. The second-order valence-electron chi connectivity index (χ2n) is 4.02. The second kappa shape index (κ2) is 4.58. The van der Waals surface area contributed by atoms with Crippen LogP contribution in [0.1, 0.15) is 22.7 Å². The predicted octanol–water partition coefficient (Wildman–Crippen LogP) is 1.90. The first-order valence-corrected chi connectivity index (χ1v) is 4.90. The van der Waals surface area contributed by atoms with Crippen molar-refractivity contribution in [3.63, 3.8) is 0 Å². The Morgan fingerprint density at radius 2 is 1.93 bits per heavy atom. The molecule has 0 aliphatic heterocycles. The summed E-state index contributed by atoms with van der Waals surface area (Å²) in [5.74, 6) is 0. The summed E-state index contributed by atoms with van der Waals surface area (Å²) in [4.78, 5) is 2.04. The Kier molecular flexibility index (Phi) is 3.67. The zero-order valence-corrected chi connectivity index (χ0v) is 9.41. The largest absolute Gasteiger partial charge is 0.394 e. The van der Waals surface area contributed by atoms with E-state index >= 15 is 0 Å². The Balaban J connectivity index is 3.08. The molecule has 2 heteroatoms. The summed E-state index contributed by atoms with van der Waals surface area (Å²) in [5.41, 5.74) is 3.70. The van der Waals surface area contributed by atoms with Gasteiger partial charge in [0.2, 0.25) is 0 Å². The fourth-order valence-electron chi connectivity index (χ4n) is 1.66. The molecule has 1 unspecified atom stereocenters. The number of aryl methyl sites for hydroxylation is 2. The average molecular weight is 193 g/mol. The lowest BCUT2D eigenvalue weighted by Crippen LogP contribution is -2.23. The molecular weight excluding hydrogens is 174 g/mol. The lowest BCUT2D eigenvalue weighted by molar-refractivity contribution is 0.170. The minimum Gasteiger partial charge on any atom is -0.394 e. The Morgan fingerprint density at radius 1 is 1.29 bits per heavy atom. The van der Waals surface area contributed by atoms with Crippen molar-refractivity contribution in [2.75, 3.05) is 20.7 Å². The van der Waals surface area contributed by atoms with Gasteiger partial charge in [0.1, 0.15) is 0 Å². The van der Waals surface area contributed by atoms with Gasteiger partial charge in [-0.05, 0) is 39.1 Å². The summed E-state index contributed by atoms with van der Waals surface area (Å²) in [6.45, 7) is 4.32. The van der Waals surface area contributed by atoms with E-state index in [-0.39, 0.29) is 12.6 Å². The van der Waals surface area contributed by atoms with Crippen LogP contribution >= 0.6 is 0 Å². The fraction of sp³-hybridized carbons (Fsp3) is 0.500. The molecule has 1 rings (SSSR count). The molecule has 0 aliphatic carbocycles. The topological polar surface area (TPSA) is 23.5 Å². The zero-order chi connectivity index (χ0) is 10.7. The molecule has 1 atom stereocenters. The third-order valence-electron chi connectivity index (χ3n) is 2.59. The molecule has 1 aromatic carbocycles. The SMILES string of the molecule is Cc1ccc(C)c(C(CO)N(C)C)c1. The molecule has 1 aromatic rings. The number of nitrogens with zero attached hydrogens (tertiary/aromatic N) is 1. The van der Waals surface area contributed by atoms with Gasteiger partial charge in [-0.3, -0.25) is 0 Å². The molecule has 14 heavy (non-hydrogen) atoms. The van der Waals surface area contributed by atoms with Crippen molar-refractivity contribution in [2.24, 2.45) is 0 Å². The molecule has 0 bridgehead atoms. The number of hydrogen-bond acceptors (Lipinski definition) is 2. The Hall–Kier alpha value is -0.860. The van der Waals surface area contributed by atoms with E-state index in [4.69, 9.17) is 0 Å². The van der Waals surface area contributed by atoms with Crippen molar-refractivity contribution < 1.29 is 5.11 Å². The van der Waals surface area contributed by atoms with E-state index in [9.17, 15) is 5.11 Å². The van der Waals surface area contributed by atoms with E-state index in [1.807, 2.05) is 19.0 Å². The average Bonchev–Trinajstić information content (AvgIpc) is 2.11. The first-order chi connectivity index (χ1) is 6.56. The highest BCUT2D eigenvalue weighted by molar-refractivity contribution is 5.33. The minimum absolute atomic E-state index is 0.106. The number of aliphatic hydroxyl groups excluding tert-OH is 1. The quantitative estimate of drug-likeness (QED) is 0.792. The molecule has 0 saturated carbocycles. The van der Waals surface area contributed by atoms with Crippen LogP contribution in [0.25, 0.3) is 0 Å². The van der Waals surface area contributed by atoms with Gasteiger partial charge in [0, 0.05) is 0 Å². The van der Waals surface area contributed by atoms with Gasteiger partial charge < -0.3 is 10.0 Å². The van der Waals surface area contributed by atoms with Crippen LogP contribution in [-0.4, -0.2) is 30.7 Å². The molecular formula is C12H19NO. The van der Waals surface area contributed by atoms with Crippen molar-refractivity contribution >= 4 is 0 Å². The van der Waals surface area contributed by atoms with E-state index in [0.29, 0.717) is 0 Å². The summed E-state index contributed by atoms with van der Waals surface area (Å²) in [6, 6.07) is 6.46. The zero-order valence-electron chi connectivity index (χ0n) is 9.41. The minimum atomic E-state index is 0.106. The molecule has 0 spiro atoms. The second-order valence-corrected chi connectivity index (χ2v) is 4.02. The lowest BCUT2D eigenvalue weighted by Gasteiger charge is -2.24. The highest BCUT2D eigenvalue weighted by Crippen LogP contribution is 2.22. The van der Waals surface area contributed by atoms with Crippen molar-refractivity contribution in [1.29, 1.82) is 0 Å². The fourth-order valence-corrected chi connectivity index (χ4v) is 1.66. The summed E-state index contributed by atoms with van der Waals surface area (Å²) in [7, 11) is 3.98. The molecule has 0 radical (unpaired) electrons. The normalized spacial score (nSPS) is 13.3. The number of aliphatic hydroxyl groups is 1. The molecule has 0 aromatic heterocycles. The van der Waals surface area contributed by atoms with E-state index in [2.05, 4.69) is 32.0 Å². The molecule has 2 nitrogen and oxygen atoms in total. The van der Waals surface area contributed by atoms with E-state index in [0.717, 1.165) is 0 Å².